The number of thioether (sulfide) groups is 1. The Morgan fingerprint density at radius 1 is 1.03 bits per heavy atom. The van der Waals surface area contributed by atoms with E-state index in [9.17, 15) is 19.2 Å². The van der Waals surface area contributed by atoms with Gasteiger partial charge in [-0.3, -0.25) is 28.6 Å². The van der Waals surface area contributed by atoms with Crippen molar-refractivity contribution in [3.8, 4) is 11.6 Å². The first-order valence-corrected chi connectivity index (χ1v) is 11.4. The Balaban J connectivity index is 1.27. The van der Waals surface area contributed by atoms with Crippen molar-refractivity contribution in [3.63, 3.8) is 0 Å². The molecule has 0 bridgehead atoms. The predicted molar refractivity (Wildman–Crippen MR) is 113 cm³/mol. The Morgan fingerprint density at radius 2 is 1.69 bits per heavy atom. The lowest BCUT2D eigenvalue weighted by molar-refractivity contribution is -0.146. The van der Waals surface area contributed by atoms with E-state index < -0.39 is 0 Å². The van der Waals surface area contributed by atoms with Gasteiger partial charge in [0.2, 0.25) is 23.6 Å². The molecule has 4 heterocycles. The van der Waals surface area contributed by atoms with Crippen molar-refractivity contribution >= 4 is 35.4 Å². The van der Waals surface area contributed by atoms with Gasteiger partial charge in [0.05, 0.1) is 12.0 Å². The van der Waals surface area contributed by atoms with Gasteiger partial charge < -0.3 is 14.2 Å². The topological polar surface area (TPSA) is 122 Å². The van der Waals surface area contributed by atoms with E-state index in [2.05, 4.69) is 10.2 Å². The van der Waals surface area contributed by atoms with E-state index in [1.165, 1.54) is 11.8 Å². The van der Waals surface area contributed by atoms with Crippen molar-refractivity contribution in [3.05, 3.63) is 18.4 Å². The normalized spacial score (nSPS) is 16.8. The third-order valence-electron chi connectivity index (χ3n) is 5.53. The first-order valence-electron chi connectivity index (χ1n) is 10.5. The highest BCUT2D eigenvalue weighted by molar-refractivity contribution is 7.99. The molecule has 0 spiro atoms. The maximum absolute atomic E-state index is 12.7. The third kappa shape index (κ3) is 4.54. The summed E-state index contributed by atoms with van der Waals surface area (Å²) in [4.78, 5) is 52.9. The van der Waals surface area contributed by atoms with E-state index in [0.717, 1.165) is 4.90 Å². The van der Waals surface area contributed by atoms with Crippen LogP contribution < -0.4 is 0 Å². The highest BCUT2D eigenvalue weighted by Crippen LogP contribution is 2.24. The molecule has 0 unspecified atom stereocenters. The van der Waals surface area contributed by atoms with Crippen LogP contribution in [-0.2, 0) is 25.7 Å². The molecular formula is C20H24N6O5S. The van der Waals surface area contributed by atoms with Gasteiger partial charge in [0, 0.05) is 45.6 Å². The van der Waals surface area contributed by atoms with Crippen LogP contribution in [0.15, 0.2) is 28.0 Å². The molecule has 2 aromatic rings. The number of amides is 4. The summed E-state index contributed by atoms with van der Waals surface area (Å²) in [5.74, 6) is 0.536. The quantitative estimate of drug-likeness (QED) is 0.432. The SMILES string of the molecule is CCn1c(SCC(=O)N2CCN(C(=O)CN3C(=O)CCC3=O)CC2)nnc1-c1ccco1. The number of carbonyl (C=O) groups excluding carboxylic acids is 4. The smallest absolute Gasteiger partial charge is 0.242 e. The Morgan fingerprint density at radius 3 is 2.28 bits per heavy atom. The van der Waals surface area contributed by atoms with Crippen LogP contribution in [-0.4, -0.2) is 91.6 Å². The van der Waals surface area contributed by atoms with E-state index in [4.69, 9.17) is 4.42 Å². The summed E-state index contributed by atoms with van der Waals surface area (Å²) in [6, 6.07) is 3.59. The fourth-order valence-corrected chi connectivity index (χ4v) is 4.63. The number of nitrogens with zero attached hydrogens (tertiary/aromatic N) is 6. The fourth-order valence-electron chi connectivity index (χ4n) is 3.73. The van der Waals surface area contributed by atoms with E-state index in [-0.39, 0.29) is 48.8 Å². The monoisotopic (exact) mass is 460 g/mol. The first-order chi connectivity index (χ1) is 15.5. The van der Waals surface area contributed by atoms with Crippen molar-refractivity contribution in [1.82, 2.24) is 29.5 Å². The van der Waals surface area contributed by atoms with Crippen molar-refractivity contribution in [2.24, 2.45) is 0 Å². The second-order valence-corrected chi connectivity index (χ2v) is 8.39. The van der Waals surface area contributed by atoms with Crippen LogP contribution in [0, 0.1) is 0 Å². The minimum absolute atomic E-state index is 0.0443. The highest BCUT2D eigenvalue weighted by Gasteiger charge is 2.33. The number of carbonyl (C=O) groups is 4. The molecule has 2 fully saturated rings. The van der Waals surface area contributed by atoms with E-state index in [0.29, 0.717) is 49.5 Å². The van der Waals surface area contributed by atoms with E-state index >= 15 is 0 Å². The van der Waals surface area contributed by atoms with Crippen LogP contribution in [0.3, 0.4) is 0 Å². The lowest BCUT2D eigenvalue weighted by atomic mass is 10.3. The number of rotatable bonds is 7. The van der Waals surface area contributed by atoms with Gasteiger partial charge in [-0.05, 0) is 19.1 Å². The molecular weight excluding hydrogens is 436 g/mol. The van der Waals surface area contributed by atoms with Crippen LogP contribution in [0.1, 0.15) is 19.8 Å². The molecule has 170 valence electrons. The number of likely N-dealkylation sites (tertiary alicyclic amines) is 1. The van der Waals surface area contributed by atoms with Crippen molar-refractivity contribution in [2.75, 3.05) is 38.5 Å². The van der Waals surface area contributed by atoms with Gasteiger partial charge in [-0.15, -0.1) is 10.2 Å². The standard InChI is InChI=1S/C20H24N6O5S/c1-2-25-19(14-4-3-11-31-14)21-22-20(25)32-13-18(30)24-9-7-23(8-10-24)17(29)12-26-15(27)5-6-16(26)28/h3-4,11H,2,5-10,12-13H2,1H3. The molecule has 0 aromatic carbocycles. The second kappa shape index (κ2) is 9.55. The average molecular weight is 461 g/mol. The minimum Gasteiger partial charge on any atom is -0.461 e. The number of aromatic nitrogens is 3. The number of furan rings is 1. The molecule has 4 rings (SSSR count). The summed E-state index contributed by atoms with van der Waals surface area (Å²) in [6.07, 6.45) is 1.91. The highest BCUT2D eigenvalue weighted by atomic mass is 32.2. The zero-order valence-corrected chi connectivity index (χ0v) is 18.5. The van der Waals surface area contributed by atoms with Crippen molar-refractivity contribution in [1.29, 1.82) is 0 Å². The summed E-state index contributed by atoms with van der Waals surface area (Å²) in [6.45, 7) is 3.96. The molecule has 12 heteroatoms. The summed E-state index contributed by atoms with van der Waals surface area (Å²) in [5.41, 5.74) is 0. The van der Waals surface area contributed by atoms with E-state index in [1.807, 2.05) is 17.6 Å². The largest absolute Gasteiger partial charge is 0.461 e. The molecule has 0 N–H and O–H groups in total. The Labute approximate surface area is 188 Å². The molecule has 11 nitrogen and oxygen atoms in total. The van der Waals surface area contributed by atoms with E-state index in [1.54, 1.807) is 22.1 Å². The van der Waals surface area contributed by atoms with Gasteiger partial charge in [-0.2, -0.15) is 0 Å². The fraction of sp³-hybridized carbons (Fsp3) is 0.500. The summed E-state index contributed by atoms with van der Waals surface area (Å²) in [5, 5.41) is 9.01. The maximum atomic E-state index is 12.7. The van der Waals surface area contributed by atoms with Crippen LogP contribution in [0.25, 0.3) is 11.6 Å². The van der Waals surface area contributed by atoms with Crippen LogP contribution in [0.2, 0.25) is 0 Å². The second-order valence-electron chi connectivity index (χ2n) is 7.45. The van der Waals surface area contributed by atoms with Gasteiger partial charge in [0.25, 0.3) is 0 Å². The van der Waals surface area contributed by atoms with Crippen LogP contribution >= 0.6 is 11.8 Å². The summed E-state index contributed by atoms with van der Waals surface area (Å²) < 4.78 is 7.30. The van der Waals surface area contributed by atoms with Gasteiger partial charge >= 0.3 is 0 Å². The minimum atomic E-state index is -0.302. The Bertz CT molecular complexity index is 996. The number of hydrogen-bond donors (Lipinski definition) is 0. The Hall–Kier alpha value is -3.15. The van der Waals surface area contributed by atoms with Crippen LogP contribution in [0.5, 0.6) is 0 Å². The van der Waals surface area contributed by atoms with Crippen LogP contribution in [0.4, 0.5) is 0 Å². The van der Waals surface area contributed by atoms with Gasteiger partial charge in [0.1, 0.15) is 6.54 Å². The molecule has 0 atom stereocenters. The number of imide groups is 1. The van der Waals surface area contributed by atoms with Crippen molar-refractivity contribution < 1.29 is 23.6 Å². The molecule has 0 saturated carbocycles. The molecule has 0 aliphatic carbocycles. The predicted octanol–water partition coefficient (Wildman–Crippen LogP) is 0.470. The van der Waals surface area contributed by atoms with Gasteiger partial charge in [0.15, 0.2) is 16.7 Å². The molecule has 32 heavy (non-hydrogen) atoms. The summed E-state index contributed by atoms with van der Waals surface area (Å²) in [7, 11) is 0. The maximum Gasteiger partial charge on any atom is 0.242 e. The zero-order chi connectivity index (χ0) is 22.7. The average Bonchev–Trinajstić information content (AvgIpc) is 3.54. The number of piperazine rings is 1. The van der Waals surface area contributed by atoms with Crippen molar-refractivity contribution in [2.45, 2.75) is 31.5 Å². The molecule has 2 aliphatic rings. The molecule has 2 aliphatic heterocycles. The molecule has 0 radical (unpaired) electrons. The summed E-state index contributed by atoms with van der Waals surface area (Å²) >= 11 is 1.31. The molecule has 2 aromatic heterocycles. The Kier molecular flexibility index (Phi) is 6.58. The lowest BCUT2D eigenvalue weighted by Gasteiger charge is -2.35. The molecule has 4 amide bonds. The zero-order valence-electron chi connectivity index (χ0n) is 17.7. The number of hydrogen-bond acceptors (Lipinski definition) is 8. The van der Waals surface area contributed by atoms with Gasteiger partial charge in [-0.1, -0.05) is 11.8 Å². The third-order valence-corrected chi connectivity index (χ3v) is 6.48. The van der Waals surface area contributed by atoms with Gasteiger partial charge in [-0.25, -0.2) is 0 Å². The molecule has 2 saturated heterocycles. The lowest BCUT2D eigenvalue weighted by Crippen LogP contribution is -2.53. The first kappa shape index (κ1) is 22.1.